The predicted octanol–water partition coefficient (Wildman–Crippen LogP) is 3.17. The number of esters is 1. The number of carbonyl (C=O) groups is 3. The van der Waals surface area contributed by atoms with Gasteiger partial charge in [-0.1, -0.05) is 6.07 Å². The summed E-state index contributed by atoms with van der Waals surface area (Å²) in [7, 11) is -3.75. The van der Waals surface area contributed by atoms with Gasteiger partial charge in [-0.2, -0.15) is 4.31 Å². The minimum atomic E-state index is -3.75. The molecule has 10 heteroatoms. The average Bonchev–Trinajstić information content (AvgIpc) is 2.81. The number of hydrogen-bond donors (Lipinski definition) is 2. The molecule has 34 heavy (non-hydrogen) atoms. The first-order valence-electron chi connectivity index (χ1n) is 11.1. The summed E-state index contributed by atoms with van der Waals surface area (Å²) in [5.74, 6) is -1.32. The van der Waals surface area contributed by atoms with Crippen LogP contribution in [0.5, 0.6) is 0 Å². The molecule has 0 aromatic heterocycles. The van der Waals surface area contributed by atoms with Crippen molar-refractivity contribution in [2.45, 2.75) is 38.5 Å². The van der Waals surface area contributed by atoms with Gasteiger partial charge in [-0.15, -0.1) is 0 Å². The number of ether oxygens (including phenoxy) is 1. The van der Waals surface area contributed by atoms with E-state index in [4.69, 9.17) is 4.74 Å². The number of hydrogen-bond acceptors (Lipinski definition) is 6. The Bertz CT molecular complexity index is 1170. The number of anilines is 2. The zero-order chi connectivity index (χ0) is 24.9. The number of aryl methyl sites for hydroxylation is 1. The molecular weight excluding hydrogens is 458 g/mol. The molecule has 0 aliphatic carbocycles. The van der Waals surface area contributed by atoms with Crippen LogP contribution in [-0.4, -0.2) is 50.2 Å². The molecule has 2 aromatic rings. The molecule has 1 aliphatic heterocycles. The van der Waals surface area contributed by atoms with Crippen molar-refractivity contribution < 1.29 is 27.5 Å². The van der Waals surface area contributed by atoms with Gasteiger partial charge < -0.3 is 15.4 Å². The number of benzene rings is 2. The van der Waals surface area contributed by atoms with Gasteiger partial charge in [-0.05, 0) is 68.7 Å². The Morgan fingerprint density at radius 2 is 1.65 bits per heavy atom. The SMILES string of the molecule is CCOC(=O)c1ccc(S(=O)(=O)N2CCC(C(=O)Nc3cc(C)ccc3NC(C)=O)CC2)cc1. The second kappa shape index (κ2) is 10.8. The highest BCUT2D eigenvalue weighted by Crippen LogP contribution is 2.28. The van der Waals surface area contributed by atoms with E-state index in [2.05, 4.69) is 10.6 Å². The van der Waals surface area contributed by atoms with Gasteiger partial charge in [0.25, 0.3) is 0 Å². The first-order valence-corrected chi connectivity index (χ1v) is 12.5. The standard InChI is InChI=1S/C24H29N3O6S/c1-4-33-24(30)19-6-8-20(9-7-19)34(31,32)27-13-11-18(12-14-27)23(29)26-22-15-16(2)5-10-21(22)25-17(3)28/h5-10,15,18H,4,11-14H2,1-3H3,(H,25,28)(H,26,29). The van der Waals surface area contributed by atoms with Crippen molar-refractivity contribution in [2.24, 2.45) is 5.92 Å². The van der Waals surface area contributed by atoms with Crippen molar-refractivity contribution in [3.05, 3.63) is 53.6 Å². The second-order valence-corrected chi connectivity index (χ2v) is 10.1. The van der Waals surface area contributed by atoms with E-state index >= 15 is 0 Å². The minimum Gasteiger partial charge on any atom is -0.462 e. The molecule has 1 fully saturated rings. The zero-order valence-electron chi connectivity index (χ0n) is 19.5. The molecule has 0 spiro atoms. The number of nitrogens with zero attached hydrogens (tertiary/aromatic N) is 1. The molecule has 0 unspecified atom stereocenters. The zero-order valence-corrected chi connectivity index (χ0v) is 20.3. The average molecular weight is 488 g/mol. The summed E-state index contributed by atoms with van der Waals surface area (Å²) in [6, 6.07) is 11.0. The number of nitrogens with one attached hydrogen (secondary N) is 2. The quantitative estimate of drug-likeness (QED) is 0.579. The minimum absolute atomic E-state index is 0.0863. The van der Waals surface area contributed by atoms with Gasteiger partial charge in [-0.3, -0.25) is 9.59 Å². The number of sulfonamides is 1. The lowest BCUT2D eigenvalue weighted by Gasteiger charge is -2.30. The third-order valence-corrected chi connectivity index (χ3v) is 7.48. The van der Waals surface area contributed by atoms with Crippen molar-refractivity contribution in [3.63, 3.8) is 0 Å². The van der Waals surface area contributed by atoms with E-state index < -0.39 is 16.0 Å². The molecule has 2 N–H and O–H groups in total. The monoisotopic (exact) mass is 487 g/mol. The van der Waals surface area contributed by atoms with E-state index in [9.17, 15) is 22.8 Å². The first-order chi connectivity index (χ1) is 16.1. The van der Waals surface area contributed by atoms with Crippen molar-refractivity contribution in [1.29, 1.82) is 0 Å². The number of carbonyl (C=O) groups excluding carboxylic acids is 3. The number of piperidine rings is 1. The van der Waals surface area contributed by atoms with E-state index in [1.807, 2.05) is 13.0 Å². The Hall–Kier alpha value is -3.24. The Balaban J connectivity index is 1.64. The first kappa shape index (κ1) is 25.4. The van der Waals surface area contributed by atoms with Crippen molar-refractivity contribution in [1.82, 2.24) is 4.31 Å². The van der Waals surface area contributed by atoms with E-state index in [0.717, 1.165) is 5.56 Å². The van der Waals surface area contributed by atoms with Crippen LogP contribution in [0.1, 0.15) is 42.6 Å². The third kappa shape index (κ3) is 6.00. The topological polar surface area (TPSA) is 122 Å². The number of amides is 2. The molecule has 0 bridgehead atoms. The summed E-state index contributed by atoms with van der Waals surface area (Å²) in [4.78, 5) is 36.2. The maximum atomic E-state index is 13.0. The molecular formula is C24H29N3O6S. The largest absolute Gasteiger partial charge is 0.462 e. The van der Waals surface area contributed by atoms with E-state index in [-0.39, 0.29) is 47.9 Å². The Morgan fingerprint density at radius 3 is 2.24 bits per heavy atom. The molecule has 2 amide bonds. The van der Waals surface area contributed by atoms with E-state index in [0.29, 0.717) is 24.2 Å². The van der Waals surface area contributed by atoms with Gasteiger partial charge in [0.05, 0.1) is 28.4 Å². The molecule has 0 atom stereocenters. The van der Waals surface area contributed by atoms with Gasteiger partial charge in [0.15, 0.2) is 0 Å². The molecule has 0 radical (unpaired) electrons. The normalized spacial score (nSPS) is 14.9. The van der Waals surface area contributed by atoms with Crippen molar-refractivity contribution in [2.75, 3.05) is 30.3 Å². The molecule has 0 saturated carbocycles. The van der Waals surface area contributed by atoms with Crippen LogP contribution in [0.3, 0.4) is 0 Å². The van der Waals surface area contributed by atoms with Crippen molar-refractivity contribution in [3.8, 4) is 0 Å². The lowest BCUT2D eigenvalue weighted by molar-refractivity contribution is -0.121. The Kier molecular flexibility index (Phi) is 8.06. The van der Waals surface area contributed by atoms with Gasteiger partial charge in [0.2, 0.25) is 21.8 Å². The fraction of sp³-hybridized carbons (Fsp3) is 0.375. The van der Waals surface area contributed by atoms with Gasteiger partial charge in [0.1, 0.15) is 0 Å². The van der Waals surface area contributed by atoms with Crippen LogP contribution < -0.4 is 10.6 Å². The highest BCUT2D eigenvalue weighted by atomic mass is 32.2. The highest BCUT2D eigenvalue weighted by Gasteiger charge is 2.32. The third-order valence-electron chi connectivity index (χ3n) is 5.57. The van der Waals surface area contributed by atoms with E-state index in [1.165, 1.54) is 35.5 Å². The maximum Gasteiger partial charge on any atom is 0.338 e. The van der Waals surface area contributed by atoms with Crippen LogP contribution in [-0.2, 0) is 24.3 Å². The Labute approximate surface area is 199 Å². The molecule has 2 aromatic carbocycles. The summed E-state index contributed by atoms with van der Waals surface area (Å²) >= 11 is 0. The highest BCUT2D eigenvalue weighted by molar-refractivity contribution is 7.89. The van der Waals surface area contributed by atoms with Gasteiger partial charge in [0, 0.05) is 25.9 Å². The van der Waals surface area contributed by atoms with Crippen LogP contribution in [0, 0.1) is 12.8 Å². The summed E-state index contributed by atoms with van der Waals surface area (Å²) in [5, 5.41) is 5.58. The lowest BCUT2D eigenvalue weighted by atomic mass is 9.97. The Morgan fingerprint density at radius 1 is 1.00 bits per heavy atom. The summed E-state index contributed by atoms with van der Waals surface area (Å²) in [5.41, 5.74) is 2.24. The predicted molar refractivity (Wildman–Crippen MR) is 128 cm³/mol. The second-order valence-electron chi connectivity index (χ2n) is 8.14. The van der Waals surface area contributed by atoms with Crippen LogP contribution >= 0.6 is 0 Å². The van der Waals surface area contributed by atoms with Gasteiger partial charge >= 0.3 is 5.97 Å². The van der Waals surface area contributed by atoms with E-state index in [1.54, 1.807) is 19.1 Å². The maximum absolute atomic E-state index is 13.0. The molecule has 9 nitrogen and oxygen atoms in total. The molecule has 1 aliphatic rings. The lowest BCUT2D eigenvalue weighted by Crippen LogP contribution is -2.41. The van der Waals surface area contributed by atoms with Crippen LogP contribution in [0.2, 0.25) is 0 Å². The smallest absolute Gasteiger partial charge is 0.338 e. The number of rotatable bonds is 7. The van der Waals surface area contributed by atoms with Gasteiger partial charge in [-0.25, -0.2) is 13.2 Å². The summed E-state index contributed by atoms with van der Waals surface area (Å²) in [6.07, 6.45) is 0.737. The fourth-order valence-corrected chi connectivity index (χ4v) is 5.25. The van der Waals surface area contributed by atoms with Crippen LogP contribution in [0.4, 0.5) is 11.4 Å². The fourth-order valence-electron chi connectivity index (χ4n) is 3.78. The summed E-state index contributed by atoms with van der Waals surface area (Å²) in [6.45, 7) is 5.62. The molecule has 3 rings (SSSR count). The van der Waals surface area contributed by atoms with Crippen LogP contribution in [0.25, 0.3) is 0 Å². The summed E-state index contributed by atoms with van der Waals surface area (Å²) < 4.78 is 32.3. The molecule has 182 valence electrons. The molecule has 1 saturated heterocycles. The van der Waals surface area contributed by atoms with Crippen molar-refractivity contribution >= 4 is 39.2 Å². The van der Waals surface area contributed by atoms with Crippen LogP contribution in [0.15, 0.2) is 47.4 Å². The molecule has 1 heterocycles.